The number of carbonyl (C=O) groups is 1. The zero-order valence-electron chi connectivity index (χ0n) is 11.6. The Kier molecular flexibility index (Phi) is 4.77. The van der Waals surface area contributed by atoms with Gasteiger partial charge in [0.2, 0.25) is 0 Å². The molecule has 0 amide bonds. The van der Waals surface area contributed by atoms with E-state index in [9.17, 15) is 9.18 Å². The maximum Gasteiger partial charge on any atom is 0.338 e. The fraction of sp³-hybridized carbons (Fsp3) is 0.188. The van der Waals surface area contributed by atoms with Crippen molar-refractivity contribution in [3.63, 3.8) is 0 Å². The molecule has 21 heavy (non-hydrogen) atoms. The number of carbonyl (C=O) groups excluding carboxylic acids is 1. The summed E-state index contributed by atoms with van der Waals surface area (Å²) < 4.78 is 23.5. The lowest BCUT2D eigenvalue weighted by Crippen LogP contribution is -2.07. The van der Waals surface area contributed by atoms with Crippen LogP contribution in [0.1, 0.15) is 22.8 Å². The Morgan fingerprint density at radius 1 is 1.24 bits per heavy atom. The second kappa shape index (κ2) is 6.74. The van der Waals surface area contributed by atoms with Crippen molar-refractivity contribution >= 4 is 11.7 Å². The summed E-state index contributed by atoms with van der Waals surface area (Å²) in [4.78, 5) is 12.0. The van der Waals surface area contributed by atoms with Gasteiger partial charge in [-0.3, -0.25) is 0 Å². The molecule has 110 valence electrons. The highest BCUT2D eigenvalue weighted by Crippen LogP contribution is 2.20. The van der Waals surface area contributed by atoms with E-state index in [0.29, 0.717) is 29.2 Å². The molecule has 0 atom stereocenters. The molecule has 2 aromatic carbocycles. The van der Waals surface area contributed by atoms with E-state index < -0.39 is 5.97 Å². The molecule has 0 aliphatic heterocycles. The maximum absolute atomic E-state index is 13.0. The Labute approximate surface area is 122 Å². The Morgan fingerprint density at radius 3 is 2.76 bits per heavy atom. The van der Waals surface area contributed by atoms with Gasteiger partial charge in [-0.1, -0.05) is 12.1 Å². The largest absolute Gasteiger partial charge is 0.494 e. The molecule has 0 saturated heterocycles. The first kappa shape index (κ1) is 14.8. The normalized spacial score (nSPS) is 10.2. The van der Waals surface area contributed by atoms with E-state index in [2.05, 4.69) is 0 Å². The van der Waals surface area contributed by atoms with Crippen LogP contribution in [0.15, 0.2) is 42.5 Å². The molecule has 0 spiro atoms. The average Bonchev–Trinajstić information content (AvgIpc) is 2.44. The molecule has 4 nitrogen and oxygen atoms in total. The summed E-state index contributed by atoms with van der Waals surface area (Å²) in [6, 6.07) is 10.6. The molecule has 0 fully saturated rings. The highest BCUT2D eigenvalue weighted by Gasteiger charge is 2.10. The van der Waals surface area contributed by atoms with Crippen molar-refractivity contribution in [2.24, 2.45) is 0 Å². The number of hydrogen-bond acceptors (Lipinski definition) is 4. The molecular weight excluding hydrogens is 273 g/mol. The van der Waals surface area contributed by atoms with E-state index in [-0.39, 0.29) is 12.4 Å². The summed E-state index contributed by atoms with van der Waals surface area (Å²) in [5, 5.41) is 0. The molecule has 0 aromatic heterocycles. The van der Waals surface area contributed by atoms with Crippen molar-refractivity contribution in [3.8, 4) is 5.75 Å². The van der Waals surface area contributed by atoms with Crippen molar-refractivity contribution in [1.82, 2.24) is 0 Å². The van der Waals surface area contributed by atoms with Gasteiger partial charge < -0.3 is 15.2 Å². The molecule has 0 radical (unpaired) electrons. The molecule has 2 aromatic rings. The van der Waals surface area contributed by atoms with E-state index in [4.69, 9.17) is 15.2 Å². The lowest BCUT2D eigenvalue weighted by molar-refractivity contribution is 0.0472. The van der Waals surface area contributed by atoms with E-state index in [1.165, 1.54) is 18.2 Å². The van der Waals surface area contributed by atoms with Crippen molar-refractivity contribution in [1.29, 1.82) is 0 Å². The molecule has 0 unspecified atom stereocenters. The van der Waals surface area contributed by atoms with Crippen LogP contribution in [0.2, 0.25) is 0 Å². The molecular formula is C16H16FNO3. The van der Waals surface area contributed by atoms with Crippen molar-refractivity contribution in [3.05, 3.63) is 59.4 Å². The van der Waals surface area contributed by atoms with Gasteiger partial charge in [0.15, 0.2) is 0 Å². The van der Waals surface area contributed by atoms with Gasteiger partial charge in [0, 0.05) is 11.8 Å². The molecule has 0 aliphatic rings. The van der Waals surface area contributed by atoms with Crippen LogP contribution in [0.3, 0.4) is 0 Å². The minimum atomic E-state index is -0.535. The number of esters is 1. The number of halogens is 1. The summed E-state index contributed by atoms with van der Waals surface area (Å²) in [6.45, 7) is 2.31. The van der Waals surface area contributed by atoms with E-state index in [1.54, 1.807) is 24.3 Å². The summed E-state index contributed by atoms with van der Waals surface area (Å²) in [7, 11) is 0. The van der Waals surface area contributed by atoms with Gasteiger partial charge in [0.1, 0.15) is 18.2 Å². The SMILES string of the molecule is CCOc1cc(N)cc(C(=O)OCc2cccc(F)c2)c1. The Morgan fingerprint density at radius 2 is 2.05 bits per heavy atom. The van der Waals surface area contributed by atoms with Crippen LogP contribution in [0.5, 0.6) is 5.75 Å². The molecule has 0 bridgehead atoms. The number of benzene rings is 2. The van der Waals surface area contributed by atoms with E-state index >= 15 is 0 Å². The minimum absolute atomic E-state index is 0.00460. The molecule has 0 aliphatic carbocycles. The number of ether oxygens (including phenoxy) is 2. The van der Waals surface area contributed by atoms with Crippen LogP contribution >= 0.6 is 0 Å². The second-order valence-electron chi connectivity index (χ2n) is 4.43. The van der Waals surface area contributed by atoms with Crippen LogP contribution in [0.25, 0.3) is 0 Å². The summed E-state index contributed by atoms with van der Waals surface area (Å²) in [5.74, 6) is -0.395. The molecule has 2 N–H and O–H groups in total. The zero-order chi connectivity index (χ0) is 15.2. The zero-order valence-corrected chi connectivity index (χ0v) is 11.6. The smallest absolute Gasteiger partial charge is 0.338 e. The van der Waals surface area contributed by atoms with Crippen LogP contribution in [0.4, 0.5) is 10.1 Å². The van der Waals surface area contributed by atoms with Gasteiger partial charge >= 0.3 is 5.97 Å². The van der Waals surface area contributed by atoms with Gasteiger partial charge in [-0.2, -0.15) is 0 Å². The van der Waals surface area contributed by atoms with Gasteiger partial charge in [0.25, 0.3) is 0 Å². The summed E-state index contributed by atoms with van der Waals surface area (Å²) >= 11 is 0. The highest BCUT2D eigenvalue weighted by molar-refractivity contribution is 5.91. The van der Waals surface area contributed by atoms with Crippen LogP contribution in [-0.2, 0) is 11.3 Å². The molecule has 0 saturated carbocycles. The van der Waals surface area contributed by atoms with Crippen molar-refractivity contribution < 1.29 is 18.7 Å². The monoisotopic (exact) mass is 289 g/mol. The number of hydrogen-bond donors (Lipinski definition) is 1. The summed E-state index contributed by atoms with van der Waals surface area (Å²) in [5.41, 5.74) is 7.01. The Balaban J connectivity index is 2.06. The highest BCUT2D eigenvalue weighted by atomic mass is 19.1. The van der Waals surface area contributed by atoms with Crippen molar-refractivity contribution in [2.75, 3.05) is 12.3 Å². The third kappa shape index (κ3) is 4.21. The first-order valence-corrected chi connectivity index (χ1v) is 6.53. The molecule has 0 heterocycles. The maximum atomic E-state index is 13.0. The van der Waals surface area contributed by atoms with Crippen LogP contribution in [-0.4, -0.2) is 12.6 Å². The fourth-order valence-corrected chi connectivity index (χ4v) is 1.85. The molecule has 5 heteroatoms. The van der Waals surface area contributed by atoms with E-state index in [1.807, 2.05) is 6.92 Å². The van der Waals surface area contributed by atoms with Gasteiger partial charge in [-0.15, -0.1) is 0 Å². The van der Waals surface area contributed by atoms with Crippen molar-refractivity contribution in [2.45, 2.75) is 13.5 Å². The topological polar surface area (TPSA) is 61.5 Å². The number of nitrogen functional groups attached to an aromatic ring is 1. The number of rotatable bonds is 5. The number of nitrogens with two attached hydrogens (primary N) is 1. The lowest BCUT2D eigenvalue weighted by Gasteiger charge is -2.08. The third-order valence-electron chi connectivity index (χ3n) is 2.73. The second-order valence-corrected chi connectivity index (χ2v) is 4.43. The minimum Gasteiger partial charge on any atom is -0.494 e. The quantitative estimate of drug-likeness (QED) is 0.678. The Hall–Kier alpha value is -2.56. The first-order chi connectivity index (χ1) is 10.1. The van der Waals surface area contributed by atoms with Gasteiger partial charge in [-0.05, 0) is 36.8 Å². The van der Waals surface area contributed by atoms with E-state index in [0.717, 1.165) is 0 Å². The van der Waals surface area contributed by atoms with Crippen LogP contribution < -0.4 is 10.5 Å². The third-order valence-corrected chi connectivity index (χ3v) is 2.73. The van der Waals surface area contributed by atoms with Crippen LogP contribution in [0, 0.1) is 5.82 Å². The standard InChI is InChI=1S/C16H16FNO3/c1-2-20-15-8-12(7-14(18)9-15)16(19)21-10-11-4-3-5-13(17)6-11/h3-9H,2,10,18H2,1H3. The average molecular weight is 289 g/mol. The first-order valence-electron chi connectivity index (χ1n) is 6.53. The fourth-order valence-electron chi connectivity index (χ4n) is 1.85. The number of anilines is 1. The predicted molar refractivity (Wildman–Crippen MR) is 77.5 cm³/mol. The van der Waals surface area contributed by atoms with Gasteiger partial charge in [0.05, 0.1) is 12.2 Å². The van der Waals surface area contributed by atoms with Gasteiger partial charge in [-0.25, -0.2) is 9.18 Å². The predicted octanol–water partition coefficient (Wildman–Crippen LogP) is 3.16. The lowest BCUT2D eigenvalue weighted by atomic mass is 10.2. The summed E-state index contributed by atoms with van der Waals surface area (Å²) in [6.07, 6.45) is 0. The molecule has 2 rings (SSSR count). The Bertz CT molecular complexity index is 643.